The van der Waals surface area contributed by atoms with E-state index in [-0.39, 0.29) is 12.4 Å². The van der Waals surface area contributed by atoms with E-state index in [1.165, 1.54) is 12.1 Å². The van der Waals surface area contributed by atoms with Gasteiger partial charge < -0.3 is 20.1 Å². The van der Waals surface area contributed by atoms with Crippen LogP contribution < -0.4 is 15.4 Å². The Hall–Kier alpha value is -2.00. The molecule has 9 heteroatoms. The van der Waals surface area contributed by atoms with E-state index in [4.69, 9.17) is 9.47 Å². The monoisotopic (exact) mass is 388 g/mol. The molecule has 1 heterocycles. The van der Waals surface area contributed by atoms with Gasteiger partial charge >= 0.3 is 6.18 Å². The summed E-state index contributed by atoms with van der Waals surface area (Å²) >= 11 is 0. The summed E-state index contributed by atoms with van der Waals surface area (Å²) in [6, 6.07) is 4.87. The zero-order chi connectivity index (χ0) is 19.5. The number of benzene rings is 1. The lowest BCUT2D eigenvalue weighted by Crippen LogP contribution is -2.41. The van der Waals surface area contributed by atoms with Crippen LogP contribution in [0, 0.1) is 0 Å². The van der Waals surface area contributed by atoms with Gasteiger partial charge in [-0.25, -0.2) is 0 Å². The third-order valence-corrected chi connectivity index (χ3v) is 3.96. The Bertz CT molecular complexity index is 590. The highest BCUT2D eigenvalue weighted by molar-refractivity contribution is 5.79. The number of halogens is 3. The quantitative estimate of drug-likeness (QED) is 0.405. The number of hydrogen-bond acceptors (Lipinski definition) is 4. The van der Waals surface area contributed by atoms with E-state index in [2.05, 4.69) is 20.5 Å². The highest BCUT2D eigenvalue weighted by Gasteiger charge is 2.30. The molecule has 0 bridgehead atoms. The fraction of sp³-hybridized carbons (Fsp3) is 0.611. The summed E-state index contributed by atoms with van der Waals surface area (Å²) in [5.41, 5.74) is -0.717. The molecule has 152 valence electrons. The molecule has 1 aromatic rings. The first-order valence-corrected chi connectivity index (χ1v) is 9.11. The Balaban J connectivity index is 1.73. The summed E-state index contributed by atoms with van der Waals surface area (Å²) in [6.45, 7) is 8.23. The van der Waals surface area contributed by atoms with Crippen LogP contribution in [0.5, 0.6) is 5.75 Å². The van der Waals surface area contributed by atoms with Gasteiger partial charge in [0.25, 0.3) is 0 Å². The van der Waals surface area contributed by atoms with Crippen molar-refractivity contribution in [3.05, 3.63) is 29.8 Å². The third kappa shape index (κ3) is 8.04. The topological polar surface area (TPSA) is 58.1 Å². The Morgan fingerprint density at radius 3 is 2.74 bits per heavy atom. The van der Waals surface area contributed by atoms with Gasteiger partial charge in [0, 0.05) is 26.2 Å². The summed E-state index contributed by atoms with van der Waals surface area (Å²) in [5, 5.41) is 6.26. The van der Waals surface area contributed by atoms with Crippen molar-refractivity contribution in [2.75, 3.05) is 59.1 Å². The molecule has 0 aromatic heterocycles. The van der Waals surface area contributed by atoms with Gasteiger partial charge in [0.1, 0.15) is 12.4 Å². The van der Waals surface area contributed by atoms with Gasteiger partial charge in [0.05, 0.1) is 31.9 Å². The van der Waals surface area contributed by atoms with Crippen molar-refractivity contribution in [1.82, 2.24) is 15.5 Å². The van der Waals surface area contributed by atoms with Crippen molar-refractivity contribution in [2.24, 2.45) is 4.99 Å². The molecule has 27 heavy (non-hydrogen) atoms. The summed E-state index contributed by atoms with van der Waals surface area (Å²) in [6.07, 6.45) is -4.37. The average Bonchev–Trinajstić information content (AvgIpc) is 2.65. The first kappa shape index (κ1) is 21.3. The molecule has 1 aliphatic heterocycles. The number of morpholine rings is 1. The highest BCUT2D eigenvalue weighted by Crippen LogP contribution is 2.31. The molecule has 0 aliphatic carbocycles. The number of rotatable bonds is 8. The molecule has 1 aromatic carbocycles. The first-order chi connectivity index (χ1) is 13.0. The van der Waals surface area contributed by atoms with Crippen LogP contribution in [0.4, 0.5) is 13.2 Å². The normalized spacial score (nSPS) is 16.2. The van der Waals surface area contributed by atoms with Gasteiger partial charge in [0.2, 0.25) is 0 Å². The van der Waals surface area contributed by atoms with E-state index in [9.17, 15) is 13.2 Å². The van der Waals surface area contributed by atoms with Crippen LogP contribution in [-0.2, 0) is 10.9 Å². The molecule has 0 spiro atoms. The maximum atomic E-state index is 12.7. The Morgan fingerprint density at radius 2 is 2.04 bits per heavy atom. The molecule has 1 saturated heterocycles. The van der Waals surface area contributed by atoms with Crippen LogP contribution in [0.2, 0.25) is 0 Å². The van der Waals surface area contributed by atoms with Crippen molar-refractivity contribution in [3.8, 4) is 5.75 Å². The molecule has 0 saturated carbocycles. The standard InChI is InChI=1S/C18H27F3N4O2/c1-2-22-17(23-6-8-25-9-12-26-13-10-25)24-7-11-27-16-5-3-4-15(14-16)18(19,20)21/h3-5,14H,2,6-13H2,1H3,(H2,22,23,24). The minimum Gasteiger partial charge on any atom is -0.492 e. The number of aliphatic imine (C=N–C) groups is 1. The number of hydrogen-bond donors (Lipinski definition) is 2. The smallest absolute Gasteiger partial charge is 0.416 e. The largest absolute Gasteiger partial charge is 0.492 e. The molecular formula is C18H27F3N4O2. The second-order valence-electron chi connectivity index (χ2n) is 6.02. The van der Waals surface area contributed by atoms with E-state index in [0.717, 1.165) is 51.5 Å². The second-order valence-corrected chi connectivity index (χ2v) is 6.02. The Kier molecular flexibility index (Phi) is 8.66. The molecule has 0 radical (unpaired) electrons. The van der Waals surface area contributed by atoms with E-state index in [0.29, 0.717) is 19.0 Å². The molecule has 0 unspecified atom stereocenters. The van der Waals surface area contributed by atoms with Crippen LogP contribution >= 0.6 is 0 Å². The van der Waals surface area contributed by atoms with E-state index in [1.54, 1.807) is 0 Å². The maximum absolute atomic E-state index is 12.7. The molecule has 2 N–H and O–H groups in total. The zero-order valence-corrected chi connectivity index (χ0v) is 15.5. The van der Waals surface area contributed by atoms with Crippen LogP contribution in [0.1, 0.15) is 12.5 Å². The lowest BCUT2D eigenvalue weighted by molar-refractivity contribution is -0.137. The van der Waals surface area contributed by atoms with Gasteiger partial charge in [-0.15, -0.1) is 0 Å². The summed E-state index contributed by atoms with van der Waals surface area (Å²) in [7, 11) is 0. The summed E-state index contributed by atoms with van der Waals surface area (Å²) < 4.78 is 48.8. The SMILES string of the molecule is CCNC(=NCCN1CCOCC1)NCCOc1cccc(C(F)(F)F)c1. The van der Waals surface area contributed by atoms with Gasteiger partial charge in [-0.05, 0) is 25.1 Å². The third-order valence-electron chi connectivity index (χ3n) is 3.96. The second kappa shape index (κ2) is 11.0. The Labute approximate surface area is 157 Å². The fourth-order valence-corrected chi connectivity index (χ4v) is 2.57. The molecule has 2 rings (SSSR count). The number of nitrogens with one attached hydrogen (secondary N) is 2. The minimum absolute atomic E-state index is 0.195. The zero-order valence-electron chi connectivity index (χ0n) is 15.5. The van der Waals surface area contributed by atoms with Crippen LogP contribution in [-0.4, -0.2) is 69.9 Å². The minimum atomic E-state index is -4.37. The van der Waals surface area contributed by atoms with Gasteiger partial charge in [-0.2, -0.15) is 13.2 Å². The maximum Gasteiger partial charge on any atom is 0.416 e. The van der Waals surface area contributed by atoms with Gasteiger partial charge in [0.15, 0.2) is 5.96 Å². The predicted molar refractivity (Wildman–Crippen MR) is 98.2 cm³/mol. The first-order valence-electron chi connectivity index (χ1n) is 9.11. The van der Waals surface area contributed by atoms with Crippen molar-refractivity contribution in [1.29, 1.82) is 0 Å². The van der Waals surface area contributed by atoms with Gasteiger partial charge in [-0.3, -0.25) is 9.89 Å². The van der Waals surface area contributed by atoms with Crippen LogP contribution in [0.25, 0.3) is 0 Å². The predicted octanol–water partition coefficient (Wildman–Crippen LogP) is 1.97. The lowest BCUT2D eigenvalue weighted by Gasteiger charge is -2.25. The molecule has 1 fully saturated rings. The molecule has 0 amide bonds. The van der Waals surface area contributed by atoms with Gasteiger partial charge in [-0.1, -0.05) is 6.07 Å². The molecule has 6 nitrogen and oxygen atoms in total. The van der Waals surface area contributed by atoms with Crippen molar-refractivity contribution in [2.45, 2.75) is 13.1 Å². The van der Waals surface area contributed by atoms with Crippen molar-refractivity contribution >= 4 is 5.96 Å². The number of nitrogens with zero attached hydrogens (tertiary/aromatic N) is 2. The molecule has 0 atom stereocenters. The van der Waals surface area contributed by atoms with Crippen molar-refractivity contribution in [3.63, 3.8) is 0 Å². The van der Waals surface area contributed by atoms with Crippen molar-refractivity contribution < 1.29 is 22.6 Å². The Morgan fingerprint density at radius 1 is 1.26 bits per heavy atom. The number of alkyl halides is 3. The van der Waals surface area contributed by atoms with Crippen LogP contribution in [0.3, 0.4) is 0 Å². The number of ether oxygens (including phenoxy) is 2. The molecular weight excluding hydrogens is 361 g/mol. The van der Waals surface area contributed by atoms with Crippen LogP contribution in [0.15, 0.2) is 29.3 Å². The fourth-order valence-electron chi connectivity index (χ4n) is 2.57. The summed E-state index contributed by atoms with van der Waals surface area (Å²) in [5.74, 6) is 0.860. The van der Waals surface area contributed by atoms with E-state index in [1.807, 2.05) is 6.92 Å². The highest BCUT2D eigenvalue weighted by atomic mass is 19.4. The summed E-state index contributed by atoms with van der Waals surface area (Å²) in [4.78, 5) is 6.81. The lowest BCUT2D eigenvalue weighted by atomic mass is 10.2. The average molecular weight is 388 g/mol. The number of guanidine groups is 1. The molecule has 1 aliphatic rings. The van der Waals surface area contributed by atoms with E-state index < -0.39 is 11.7 Å². The van der Waals surface area contributed by atoms with E-state index >= 15 is 0 Å².